The second kappa shape index (κ2) is 9.86. The highest BCUT2D eigenvalue weighted by atomic mass is 35.5. The SMILES string of the molecule is Cc1ccc(OC(C)C(=O)NNC(=S)NCc2ccc(Cl)cc2)c([N+](=O)[O-])c1. The first kappa shape index (κ1) is 21.4. The van der Waals surface area contributed by atoms with Crippen LogP contribution in [0.2, 0.25) is 5.02 Å². The van der Waals surface area contributed by atoms with Gasteiger partial charge in [-0.15, -0.1) is 0 Å². The van der Waals surface area contributed by atoms with Crippen LogP contribution in [-0.4, -0.2) is 22.0 Å². The van der Waals surface area contributed by atoms with E-state index in [0.29, 0.717) is 11.6 Å². The molecule has 0 aromatic heterocycles. The Morgan fingerprint density at radius 1 is 1.25 bits per heavy atom. The summed E-state index contributed by atoms with van der Waals surface area (Å²) in [7, 11) is 0. The highest BCUT2D eigenvalue weighted by molar-refractivity contribution is 7.80. The largest absolute Gasteiger partial charge is 0.474 e. The van der Waals surface area contributed by atoms with Crippen LogP contribution in [0.25, 0.3) is 0 Å². The number of hydrazine groups is 1. The fourth-order valence-corrected chi connectivity index (χ4v) is 2.41. The number of nitrogens with zero attached hydrogens (tertiary/aromatic N) is 1. The molecule has 0 heterocycles. The van der Waals surface area contributed by atoms with Crippen molar-refractivity contribution in [1.82, 2.24) is 16.2 Å². The van der Waals surface area contributed by atoms with Crippen molar-refractivity contribution in [2.24, 2.45) is 0 Å². The molecule has 0 bridgehead atoms. The summed E-state index contributed by atoms with van der Waals surface area (Å²) in [6.07, 6.45) is -0.979. The van der Waals surface area contributed by atoms with E-state index >= 15 is 0 Å². The summed E-state index contributed by atoms with van der Waals surface area (Å²) in [5.74, 6) is -0.521. The number of carbonyl (C=O) groups is 1. The highest BCUT2D eigenvalue weighted by Crippen LogP contribution is 2.28. The number of carbonyl (C=O) groups excluding carboxylic acids is 1. The third-order valence-corrected chi connectivity index (χ3v) is 4.15. The molecule has 0 spiro atoms. The number of ether oxygens (including phenoxy) is 1. The predicted molar refractivity (Wildman–Crippen MR) is 110 cm³/mol. The lowest BCUT2D eigenvalue weighted by molar-refractivity contribution is -0.386. The van der Waals surface area contributed by atoms with Gasteiger partial charge in [0.25, 0.3) is 5.91 Å². The van der Waals surface area contributed by atoms with Gasteiger partial charge in [-0.05, 0) is 55.4 Å². The first-order valence-corrected chi connectivity index (χ1v) is 9.04. The number of thiocarbonyl (C=S) groups is 1. The number of amides is 1. The number of rotatable bonds is 6. The summed E-state index contributed by atoms with van der Waals surface area (Å²) in [4.78, 5) is 22.7. The van der Waals surface area contributed by atoms with Gasteiger partial charge >= 0.3 is 5.69 Å². The fourth-order valence-electron chi connectivity index (χ4n) is 2.16. The van der Waals surface area contributed by atoms with Gasteiger partial charge in [-0.2, -0.15) is 0 Å². The minimum Gasteiger partial charge on any atom is -0.474 e. The van der Waals surface area contributed by atoms with Gasteiger partial charge < -0.3 is 10.1 Å². The van der Waals surface area contributed by atoms with Crippen LogP contribution in [0.15, 0.2) is 42.5 Å². The van der Waals surface area contributed by atoms with E-state index in [0.717, 1.165) is 11.1 Å². The summed E-state index contributed by atoms with van der Waals surface area (Å²) in [6.45, 7) is 3.65. The topological polar surface area (TPSA) is 106 Å². The average Bonchev–Trinajstić information content (AvgIpc) is 2.66. The molecule has 8 nitrogen and oxygen atoms in total. The van der Waals surface area contributed by atoms with Crippen LogP contribution >= 0.6 is 23.8 Å². The zero-order valence-electron chi connectivity index (χ0n) is 15.2. The van der Waals surface area contributed by atoms with Gasteiger partial charge in [0, 0.05) is 17.6 Å². The Kier molecular flexibility index (Phi) is 7.53. The molecule has 1 amide bonds. The fraction of sp³-hybridized carbons (Fsp3) is 0.222. The molecule has 1 atom stereocenters. The van der Waals surface area contributed by atoms with Crippen molar-refractivity contribution >= 4 is 40.5 Å². The molecule has 10 heteroatoms. The van der Waals surface area contributed by atoms with Gasteiger partial charge in [0.15, 0.2) is 17.0 Å². The van der Waals surface area contributed by atoms with Crippen LogP contribution in [0, 0.1) is 17.0 Å². The number of halogens is 1. The van der Waals surface area contributed by atoms with E-state index in [-0.39, 0.29) is 16.5 Å². The van der Waals surface area contributed by atoms with E-state index in [4.69, 9.17) is 28.6 Å². The summed E-state index contributed by atoms with van der Waals surface area (Å²) in [6, 6.07) is 11.7. The van der Waals surface area contributed by atoms with Gasteiger partial charge in [-0.3, -0.25) is 25.8 Å². The summed E-state index contributed by atoms with van der Waals surface area (Å²) >= 11 is 10.9. The number of nitrogens with one attached hydrogen (secondary N) is 3. The molecule has 28 heavy (non-hydrogen) atoms. The molecule has 3 N–H and O–H groups in total. The lowest BCUT2D eigenvalue weighted by Crippen LogP contribution is -2.50. The molecule has 2 aromatic rings. The van der Waals surface area contributed by atoms with Crippen molar-refractivity contribution in [3.8, 4) is 5.75 Å². The standard InChI is InChI=1S/C18H19ClN4O4S/c1-11-3-8-16(15(9-11)23(25)26)27-12(2)17(24)21-22-18(28)20-10-13-4-6-14(19)7-5-13/h3-9,12H,10H2,1-2H3,(H,21,24)(H2,20,22,28). The van der Waals surface area contributed by atoms with Gasteiger partial charge in [0.2, 0.25) is 0 Å². The molecule has 0 aliphatic rings. The Bertz CT molecular complexity index is 876. The van der Waals surface area contributed by atoms with Crippen LogP contribution in [0.5, 0.6) is 5.75 Å². The zero-order valence-corrected chi connectivity index (χ0v) is 16.8. The Hall–Kier alpha value is -2.91. The van der Waals surface area contributed by atoms with Crippen LogP contribution in [0.4, 0.5) is 5.69 Å². The Morgan fingerprint density at radius 2 is 1.93 bits per heavy atom. The molecule has 0 saturated heterocycles. The molecule has 0 saturated carbocycles. The quantitative estimate of drug-likeness (QED) is 0.373. The normalized spacial score (nSPS) is 11.2. The second-order valence-electron chi connectivity index (χ2n) is 5.91. The van der Waals surface area contributed by atoms with Crippen LogP contribution in [-0.2, 0) is 11.3 Å². The number of hydrogen-bond donors (Lipinski definition) is 3. The molecule has 1 unspecified atom stereocenters. The number of aryl methyl sites for hydroxylation is 1. The lowest BCUT2D eigenvalue weighted by atomic mass is 10.2. The lowest BCUT2D eigenvalue weighted by Gasteiger charge is -2.16. The molecule has 0 aliphatic heterocycles. The second-order valence-corrected chi connectivity index (χ2v) is 6.76. The first-order valence-electron chi connectivity index (χ1n) is 8.26. The van der Waals surface area contributed by atoms with Crippen molar-refractivity contribution < 1.29 is 14.5 Å². The van der Waals surface area contributed by atoms with Crippen LogP contribution < -0.4 is 20.9 Å². The molecule has 2 rings (SSSR count). The molecular formula is C18H19ClN4O4S. The molecule has 0 aliphatic carbocycles. The van der Waals surface area contributed by atoms with Gasteiger partial charge in [0.1, 0.15) is 0 Å². The van der Waals surface area contributed by atoms with E-state index in [9.17, 15) is 14.9 Å². The number of nitro benzene ring substituents is 1. The van der Waals surface area contributed by atoms with Crippen molar-refractivity contribution in [2.45, 2.75) is 26.5 Å². The van der Waals surface area contributed by atoms with E-state index in [1.165, 1.54) is 19.1 Å². The third kappa shape index (κ3) is 6.36. The van der Waals surface area contributed by atoms with Crippen LogP contribution in [0.1, 0.15) is 18.1 Å². The van der Waals surface area contributed by atoms with Crippen LogP contribution in [0.3, 0.4) is 0 Å². The predicted octanol–water partition coefficient (Wildman–Crippen LogP) is 3.02. The van der Waals surface area contributed by atoms with E-state index in [1.54, 1.807) is 25.1 Å². The van der Waals surface area contributed by atoms with E-state index in [2.05, 4.69) is 16.2 Å². The molecule has 0 radical (unpaired) electrons. The summed E-state index contributed by atoms with van der Waals surface area (Å²) in [5.41, 5.74) is 6.44. The minimum absolute atomic E-state index is 0.0155. The molecule has 0 fully saturated rings. The van der Waals surface area contributed by atoms with Gasteiger partial charge in [-0.25, -0.2) is 0 Å². The first-order chi connectivity index (χ1) is 13.3. The Labute approximate surface area is 172 Å². The smallest absolute Gasteiger partial charge is 0.311 e. The maximum atomic E-state index is 12.1. The number of hydrogen-bond acceptors (Lipinski definition) is 5. The molecule has 148 valence electrons. The van der Waals surface area contributed by atoms with Crippen molar-refractivity contribution in [3.63, 3.8) is 0 Å². The van der Waals surface area contributed by atoms with E-state index < -0.39 is 16.9 Å². The van der Waals surface area contributed by atoms with Gasteiger partial charge in [0.05, 0.1) is 4.92 Å². The Morgan fingerprint density at radius 3 is 2.57 bits per heavy atom. The minimum atomic E-state index is -0.979. The average molecular weight is 423 g/mol. The summed E-state index contributed by atoms with van der Waals surface area (Å²) < 4.78 is 5.43. The zero-order chi connectivity index (χ0) is 20.7. The molecule has 2 aromatic carbocycles. The maximum Gasteiger partial charge on any atom is 0.311 e. The van der Waals surface area contributed by atoms with Crippen molar-refractivity contribution in [2.75, 3.05) is 0 Å². The maximum absolute atomic E-state index is 12.1. The van der Waals surface area contributed by atoms with E-state index in [1.807, 2.05) is 12.1 Å². The highest BCUT2D eigenvalue weighted by Gasteiger charge is 2.21. The monoisotopic (exact) mass is 422 g/mol. The van der Waals surface area contributed by atoms with Crippen molar-refractivity contribution in [3.05, 3.63) is 68.7 Å². The molecular weight excluding hydrogens is 404 g/mol. The number of benzene rings is 2. The third-order valence-electron chi connectivity index (χ3n) is 3.65. The van der Waals surface area contributed by atoms with Crippen molar-refractivity contribution in [1.29, 1.82) is 0 Å². The Balaban J connectivity index is 1.83. The summed E-state index contributed by atoms with van der Waals surface area (Å²) in [5, 5.41) is 14.9. The van der Waals surface area contributed by atoms with Gasteiger partial charge in [-0.1, -0.05) is 29.8 Å². The number of nitro groups is 1.